The summed E-state index contributed by atoms with van der Waals surface area (Å²) in [6, 6.07) is 4.29. The van der Waals surface area contributed by atoms with Gasteiger partial charge in [-0.25, -0.2) is 4.98 Å². The molecule has 1 aromatic heterocycles. The number of fused-ring (bicyclic) bond motifs is 1. The standard InChI is InChI=1S/C11H13BrN2/c12-4-8-1-2-11(13-5-8)14-6-9-3-10(9)7-14/h1-2,5,9-10H,3-4,6-7H2. The summed E-state index contributed by atoms with van der Waals surface area (Å²) in [5, 5.41) is 0.894. The van der Waals surface area contributed by atoms with Gasteiger partial charge < -0.3 is 4.90 Å². The molecule has 0 N–H and O–H groups in total. The van der Waals surface area contributed by atoms with E-state index in [4.69, 9.17) is 0 Å². The zero-order valence-corrected chi connectivity index (χ0v) is 9.57. The van der Waals surface area contributed by atoms with Crippen LogP contribution in [0.25, 0.3) is 0 Å². The molecule has 0 aromatic carbocycles. The number of piperidine rings is 1. The van der Waals surface area contributed by atoms with E-state index in [2.05, 4.69) is 37.9 Å². The maximum Gasteiger partial charge on any atom is 0.128 e. The molecule has 2 atom stereocenters. The van der Waals surface area contributed by atoms with Gasteiger partial charge >= 0.3 is 0 Å². The predicted octanol–water partition coefficient (Wildman–Crippen LogP) is 2.43. The fraction of sp³-hybridized carbons (Fsp3) is 0.545. The lowest BCUT2D eigenvalue weighted by atomic mass is 10.3. The number of hydrogen-bond donors (Lipinski definition) is 0. The van der Waals surface area contributed by atoms with Crippen LogP contribution >= 0.6 is 15.9 Å². The predicted molar refractivity (Wildman–Crippen MR) is 60.7 cm³/mol. The Bertz CT molecular complexity index is 326. The number of rotatable bonds is 2. The summed E-state index contributed by atoms with van der Waals surface area (Å²) in [4.78, 5) is 6.90. The Balaban J connectivity index is 1.76. The summed E-state index contributed by atoms with van der Waals surface area (Å²) in [7, 11) is 0. The minimum atomic E-state index is 0.894. The Kier molecular flexibility index (Phi) is 2.01. The number of halogens is 1. The summed E-state index contributed by atoms with van der Waals surface area (Å²) in [5.41, 5.74) is 1.25. The van der Waals surface area contributed by atoms with E-state index in [1.807, 2.05) is 6.20 Å². The van der Waals surface area contributed by atoms with Crippen LogP contribution in [-0.4, -0.2) is 18.1 Å². The number of nitrogens with zero attached hydrogens (tertiary/aromatic N) is 2. The lowest BCUT2D eigenvalue weighted by molar-refractivity contribution is 0.805. The first-order valence-corrected chi connectivity index (χ1v) is 6.25. The van der Waals surface area contributed by atoms with Crippen LogP contribution in [-0.2, 0) is 5.33 Å². The van der Waals surface area contributed by atoms with Gasteiger partial charge in [-0.3, -0.25) is 0 Å². The number of alkyl halides is 1. The Hall–Kier alpha value is -0.570. The van der Waals surface area contributed by atoms with Gasteiger partial charge in [0.2, 0.25) is 0 Å². The number of pyridine rings is 1. The summed E-state index contributed by atoms with van der Waals surface area (Å²) in [6.45, 7) is 2.46. The normalized spacial score (nSPS) is 29.1. The van der Waals surface area contributed by atoms with Crippen molar-refractivity contribution in [2.24, 2.45) is 11.8 Å². The minimum absolute atomic E-state index is 0.894. The summed E-state index contributed by atoms with van der Waals surface area (Å²) < 4.78 is 0. The maximum absolute atomic E-state index is 4.48. The van der Waals surface area contributed by atoms with E-state index in [9.17, 15) is 0 Å². The van der Waals surface area contributed by atoms with E-state index in [0.717, 1.165) is 23.0 Å². The lowest BCUT2D eigenvalue weighted by Gasteiger charge is -2.18. The second-order valence-corrected chi connectivity index (χ2v) is 4.88. The van der Waals surface area contributed by atoms with Crippen molar-refractivity contribution in [1.29, 1.82) is 0 Å². The van der Waals surface area contributed by atoms with E-state index in [0.29, 0.717) is 0 Å². The molecule has 1 aromatic rings. The smallest absolute Gasteiger partial charge is 0.128 e. The Morgan fingerprint density at radius 1 is 1.36 bits per heavy atom. The second-order valence-electron chi connectivity index (χ2n) is 4.32. The van der Waals surface area contributed by atoms with Crippen LogP contribution in [0.4, 0.5) is 5.82 Å². The van der Waals surface area contributed by atoms with Crippen molar-refractivity contribution in [1.82, 2.24) is 4.98 Å². The Labute approximate surface area is 92.5 Å². The van der Waals surface area contributed by atoms with Crippen LogP contribution in [0.5, 0.6) is 0 Å². The third kappa shape index (κ3) is 1.44. The first-order valence-electron chi connectivity index (χ1n) is 5.12. The average Bonchev–Trinajstić information content (AvgIpc) is 2.86. The van der Waals surface area contributed by atoms with Gasteiger partial charge in [-0.05, 0) is 29.9 Å². The molecule has 0 amide bonds. The third-order valence-corrected chi connectivity index (χ3v) is 3.91. The molecule has 3 heteroatoms. The molecule has 2 nitrogen and oxygen atoms in total. The molecule has 0 spiro atoms. The second kappa shape index (κ2) is 3.23. The van der Waals surface area contributed by atoms with Crippen LogP contribution in [0, 0.1) is 11.8 Å². The minimum Gasteiger partial charge on any atom is -0.356 e. The van der Waals surface area contributed by atoms with Crippen molar-refractivity contribution in [3.05, 3.63) is 23.9 Å². The highest BCUT2D eigenvalue weighted by molar-refractivity contribution is 9.08. The number of anilines is 1. The van der Waals surface area contributed by atoms with Crippen LogP contribution in [0.1, 0.15) is 12.0 Å². The third-order valence-electron chi connectivity index (χ3n) is 3.27. The van der Waals surface area contributed by atoms with Crippen LogP contribution in [0.3, 0.4) is 0 Å². The van der Waals surface area contributed by atoms with E-state index in [1.54, 1.807) is 0 Å². The molecule has 74 valence electrons. The SMILES string of the molecule is BrCc1ccc(N2CC3CC3C2)nc1. The summed E-state index contributed by atoms with van der Waals surface area (Å²) >= 11 is 3.43. The highest BCUT2D eigenvalue weighted by Gasteiger charge is 2.45. The summed E-state index contributed by atoms with van der Waals surface area (Å²) in [5.74, 6) is 3.11. The molecule has 1 saturated heterocycles. The van der Waals surface area contributed by atoms with Crippen LogP contribution in [0.2, 0.25) is 0 Å². The highest BCUT2D eigenvalue weighted by atomic mass is 79.9. The Morgan fingerprint density at radius 2 is 2.14 bits per heavy atom. The molecule has 2 unspecified atom stereocenters. The molecular formula is C11H13BrN2. The van der Waals surface area contributed by atoms with Gasteiger partial charge in [0, 0.05) is 24.6 Å². The molecule has 2 heterocycles. The molecule has 3 rings (SSSR count). The first kappa shape index (κ1) is 8.72. The molecule has 14 heavy (non-hydrogen) atoms. The fourth-order valence-electron chi connectivity index (χ4n) is 2.27. The van der Waals surface area contributed by atoms with Crippen molar-refractivity contribution in [2.45, 2.75) is 11.8 Å². The first-order chi connectivity index (χ1) is 6.86. The van der Waals surface area contributed by atoms with Gasteiger partial charge in [0.05, 0.1) is 0 Å². The largest absolute Gasteiger partial charge is 0.356 e. The zero-order valence-electron chi connectivity index (χ0n) is 7.99. The zero-order chi connectivity index (χ0) is 9.54. The van der Waals surface area contributed by atoms with Crippen molar-refractivity contribution in [3.8, 4) is 0 Å². The molecule has 1 aliphatic carbocycles. The van der Waals surface area contributed by atoms with Gasteiger partial charge in [-0.2, -0.15) is 0 Å². The molecular weight excluding hydrogens is 240 g/mol. The van der Waals surface area contributed by atoms with E-state index < -0.39 is 0 Å². The monoisotopic (exact) mass is 252 g/mol. The molecule has 1 aliphatic heterocycles. The van der Waals surface area contributed by atoms with Crippen molar-refractivity contribution >= 4 is 21.7 Å². The highest BCUT2D eigenvalue weighted by Crippen LogP contribution is 2.45. The average molecular weight is 253 g/mol. The van der Waals surface area contributed by atoms with Crippen LogP contribution < -0.4 is 4.90 Å². The van der Waals surface area contributed by atoms with E-state index in [1.165, 1.54) is 25.1 Å². The quantitative estimate of drug-likeness (QED) is 0.752. The van der Waals surface area contributed by atoms with Gasteiger partial charge in [0.25, 0.3) is 0 Å². The molecule has 0 radical (unpaired) electrons. The molecule has 1 saturated carbocycles. The topological polar surface area (TPSA) is 16.1 Å². The van der Waals surface area contributed by atoms with Gasteiger partial charge in [-0.1, -0.05) is 22.0 Å². The molecule has 0 bridgehead atoms. The van der Waals surface area contributed by atoms with Crippen molar-refractivity contribution < 1.29 is 0 Å². The maximum atomic E-state index is 4.48. The molecule has 2 aliphatic rings. The summed E-state index contributed by atoms with van der Waals surface area (Å²) in [6.07, 6.45) is 3.42. The molecule has 2 fully saturated rings. The van der Waals surface area contributed by atoms with Gasteiger partial charge in [0.1, 0.15) is 5.82 Å². The number of hydrogen-bond acceptors (Lipinski definition) is 2. The van der Waals surface area contributed by atoms with Gasteiger partial charge in [-0.15, -0.1) is 0 Å². The van der Waals surface area contributed by atoms with Crippen molar-refractivity contribution in [2.75, 3.05) is 18.0 Å². The lowest BCUT2D eigenvalue weighted by Crippen LogP contribution is -2.22. The van der Waals surface area contributed by atoms with Crippen LogP contribution in [0.15, 0.2) is 18.3 Å². The van der Waals surface area contributed by atoms with Crippen molar-refractivity contribution in [3.63, 3.8) is 0 Å². The Morgan fingerprint density at radius 3 is 2.71 bits per heavy atom. The fourth-order valence-corrected chi connectivity index (χ4v) is 2.60. The number of aromatic nitrogens is 1. The van der Waals surface area contributed by atoms with Gasteiger partial charge in [0.15, 0.2) is 0 Å². The van der Waals surface area contributed by atoms with E-state index >= 15 is 0 Å². The van der Waals surface area contributed by atoms with E-state index in [-0.39, 0.29) is 0 Å².